The predicted octanol–water partition coefficient (Wildman–Crippen LogP) is 1.34. The lowest BCUT2D eigenvalue weighted by atomic mass is 10.2. The second kappa shape index (κ2) is 2.81. The molecule has 1 rings (SSSR count). The Balaban J connectivity index is 2.51. The van der Waals surface area contributed by atoms with Crippen molar-refractivity contribution < 1.29 is 0 Å². The van der Waals surface area contributed by atoms with Crippen LogP contribution in [0.1, 0.15) is 20.3 Å². The van der Waals surface area contributed by atoms with E-state index in [2.05, 4.69) is 25.2 Å². The quantitative estimate of drug-likeness (QED) is 0.622. The number of nitriles is 1. The van der Waals surface area contributed by atoms with Crippen molar-refractivity contribution >= 4 is 11.8 Å². The van der Waals surface area contributed by atoms with E-state index < -0.39 is 0 Å². The van der Waals surface area contributed by atoms with E-state index in [0.717, 1.165) is 12.2 Å². The van der Waals surface area contributed by atoms with E-state index in [-0.39, 0.29) is 10.9 Å². The fourth-order valence-corrected chi connectivity index (χ4v) is 2.11. The third-order valence-corrected chi connectivity index (χ3v) is 3.42. The van der Waals surface area contributed by atoms with Gasteiger partial charge in [-0.05, 0) is 13.3 Å². The SMILES string of the molecule is CCC1(C)NC(C#N)CS1. The molecule has 2 nitrogen and oxygen atoms in total. The molecular formula is C7H12N2S. The number of thioether (sulfide) groups is 1. The molecule has 1 fully saturated rings. The molecular weight excluding hydrogens is 144 g/mol. The average molecular weight is 156 g/mol. The standard InChI is InChI=1S/C7H12N2S/c1-3-7(2)9-6(4-8)5-10-7/h6,9H,3,5H2,1-2H3. The lowest BCUT2D eigenvalue weighted by Crippen LogP contribution is -2.37. The molecule has 3 heteroatoms. The van der Waals surface area contributed by atoms with Crippen LogP contribution in [0.15, 0.2) is 0 Å². The smallest absolute Gasteiger partial charge is 0.106 e. The minimum absolute atomic E-state index is 0.0648. The van der Waals surface area contributed by atoms with Gasteiger partial charge in [-0.2, -0.15) is 5.26 Å². The summed E-state index contributed by atoms with van der Waals surface area (Å²) in [7, 11) is 0. The van der Waals surface area contributed by atoms with Crippen LogP contribution in [0.25, 0.3) is 0 Å². The summed E-state index contributed by atoms with van der Waals surface area (Å²) >= 11 is 1.84. The van der Waals surface area contributed by atoms with Crippen molar-refractivity contribution in [1.29, 1.82) is 5.26 Å². The van der Waals surface area contributed by atoms with Crippen LogP contribution >= 0.6 is 11.8 Å². The van der Waals surface area contributed by atoms with Crippen molar-refractivity contribution in [3.05, 3.63) is 0 Å². The number of hydrogen-bond donors (Lipinski definition) is 1. The van der Waals surface area contributed by atoms with Crippen molar-refractivity contribution in [2.24, 2.45) is 0 Å². The molecule has 1 aliphatic rings. The highest BCUT2D eigenvalue weighted by molar-refractivity contribution is 8.00. The van der Waals surface area contributed by atoms with Crippen molar-refractivity contribution in [2.45, 2.75) is 31.2 Å². The Kier molecular flexibility index (Phi) is 2.22. The zero-order valence-corrected chi connectivity index (χ0v) is 7.16. The molecule has 0 aliphatic carbocycles. The van der Waals surface area contributed by atoms with Gasteiger partial charge >= 0.3 is 0 Å². The van der Waals surface area contributed by atoms with E-state index in [0.29, 0.717) is 0 Å². The van der Waals surface area contributed by atoms with E-state index in [1.54, 1.807) is 0 Å². The van der Waals surface area contributed by atoms with Gasteiger partial charge in [0.05, 0.1) is 10.9 Å². The molecule has 2 unspecified atom stereocenters. The number of hydrogen-bond acceptors (Lipinski definition) is 3. The Labute approximate surface area is 66.0 Å². The molecule has 1 N–H and O–H groups in total. The molecule has 56 valence electrons. The van der Waals surface area contributed by atoms with Crippen LogP contribution in [-0.4, -0.2) is 16.7 Å². The van der Waals surface area contributed by atoms with E-state index in [4.69, 9.17) is 5.26 Å². The van der Waals surface area contributed by atoms with Gasteiger partial charge in [-0.1, -0.05) is 6.92 Å². The molecule has 1 aliphatic heterocycles. The summed E-state index contributed by atoms with van der Waals surface area (Å²) in [6.07, 6.45) is 1.08. The molecule has 0 bridgehead atoms. The zero-order valence-electron chi connectivity index (χ0n) is 6.35. The van der Waals surface area contributed by atoms with Crippen molar-refractivity contribution in [2.75, 3.05) is 5.75 Å². The van der Waals surface area contributed by atoms with Gasteiger partial charge in [0, 0.05) is 5.75 Å². The zero-order chi connectivity index (χ0) is 7.61. The maximum Gasteiger partial charge on any atom is 0.106 e. The van der Waals surface area contributed by atoms with E-state index in [9.17, 15) is 0 Å². The van der Waals surface area contributed by atoms with Gasteiger partial charge in [-0.3, -0.25) is 5.32 Å². The van der Waals surface area contributed by atoms with Crippen LogP contribution in [0.4, 0.5) is 0 Å². The van der Waals surface area contributed by atoms with Crippen molar-refractivity contribution in [3.63, 3.8) is 0 Å². The van der Waals surface area contributed by atoms with Gasteiger partial charge in [0.2, 0.25) is 0 Å². The van der Waals surface area contributed by atoms with E-state index >= 15 is 0 Å². The van der Waals surface area contributed by atoms with Crippen LogP contribution in [0.5, 0.6) is 0 Å². The summed E-state index contributed by atoms with van der Waals surface area (Å²) in [5, 5.41) is 11.8. The van der Waals surface area contributed by atoms with Crippen molar-refractivity contribution in [3.8, 4) is 6.07 Å². The number of nitrogens with one attached hydrogen (secondary N) is 1. The maximum atomic E-state index is 8.57. The lowest BCUT2D eigenvalue weighted by Gasteiger charge is -2.20. The Morgan fingerprint density at radius 2 is 2.60 bits per heavy atom. The predicted molar refractivity (Wildman–Crippen MR) is 43.7 cm³/mol. The third-order valence-electron chi connectivity index (χ3n) is 1.88. The summed E-state index contributed by atoms with van der Waals surface area (Å²) < 4.78 is 0. The summed E-state index contributed by atoms with van der Waals surface area (Å²) in [6.45, 7) is 4.29. The van der Waals surface area contributed by atoms with Crippen molar-refractivity contribution in [1.82, 2.24) is 5.32 Å². The average Bonchev–Trinajstić information content (AvgIpc) is 2.33. The second-order valence-corrected chi connectivity index (χ2v) is 4.24. The van der Waals surface area contributed by atoms with Crippen LogP contribution in [0, 0.1) is 11.3 Å². The van der Waals surface area contributed by atoms with Crippen LogP contribution in [0.3, 0.4) is 0 Å². The first-order chi connectivity index (χ1) is 4.70. The molecule has 10 heavy (non-hydrogen) atoms. The Morgan fingerprint density at radius 1 is 1.90 bits per heavy atom. The first-order valence-electron chi connectivity index (χ1n) is 3.51. The molecule has 0 saturated carbocycles. The summed E-state index contributed by atoms with van der Waals surface area (Å²) in [5.74, 6) is 0.931. The third kappa shape index (κ3) is 1.44. The summed E-state index contributed by atoms with van der Waals surface area (Å²) in [5.41, 5.74) is 0. The number of nitrogens with zero attached hydrogens (tertiary/aromatic N) is 1. The lowest BCUT2D eigenvalue weighted by molar-refractivity contribution is 0.496. The molecule has 1 heterocycles. The summed E-state index contributed by atoms with van der Waals surface area (Å²) in [4.78, 5) is 0.153. The Bertz CT molecular complexity index is 163. The Morgan fingerprint density at radius 3 is 2.90 bits per heavy atom. The molecule has 0 amide bonds. The highest BCUT2D eigenvalue weighted by atomic mass is 32.2. The summed E-state index contributed by atoms with van der Waals surface area (Å²) in [6, 6.07) is 2.29. The monoisotopic (exact) mass is 156 g/mol. The fourth-order valence-electron chi connectivity index (χ4n) is 0.993. The molecule has 0 spiro atoms. The minimum Gasteiger partial charge on any atom is -0.287 e. The van der Waals surface area contributed by atoms with Crippen LogP contribution < -0.4 is 5.32 Å². The topological polar surface area (TPSA) is 35.8 Å². The van der Waals surface area contributed by atoms with Crippen LogP contribution in [0.2, 0.25) is 0 Å². The van der Waals surface area contributed by atoms with Gasteiger partial charge in [-0.25, -0.2) is 0 Å². The van der Waals surface area contributed by atoms with E-state index in [1.807, 2.05) is 11.8 Å². The largest absolute Gasteiger partial charge is 0.287 e. The van der Waals surface area contributed by atoms with Crippen LogP contribution in [-0.2, 0) is 0 Å². The normalized spacial score (nSPS) is 39.5. The van der Waals surface area contributed by atoms with Gasteiger partial charge in [-0.15, -0.1) is 11.8 Å². The van der Waals surface area contributed by atoms with Gasteiger partial charge < -0.3 is 0 Å². The molecule has 0 radical (unpaired) electrons. The van der Waals surface area contributed by atoms with Gasteiger partial charge in [0.1, 0.15) is 6.04 Å². The van der Waals surface area contributed by atoms with E-state index in [1.165, 1.54) is 0 Å². The minimum atomic E-state index is 0.0648. The first-order valence-corrected chi connectivity index (χ1v) is 4.50. The highest BCUT2D eigenvalue weighted by Crippen LogP contribution is 2.32. The molecule has 2 atom stereocenters. The molecule has 0 aromatic heterocycles. The molecule has 1 saturated heterocycles. The molecule has 0 aromatic rings. The molecule has 0 aromatic carbocycles. The maximum absolute atomic E-state index is 8.57. The first kappa shape index (κ1) is 7.90. The van der Waals surface area contributed by atoms with Gasteiger partial charge in [0.15, 0.2) is 0 Å². The number of rotatable bonds is 1. The van der Waals surface area contributed by atoms with Gasteiger partial charge in [0.25, 0.3) is 0 Å². The Hall–Kier alpha value is -0.200. The highest BCUT2D eigenvalue weighted by Gasteiger charge is 2.32. The second-order valence-electron chi connectivity index (χ2n) is 2.72. The fraction of sp³-hybridized carbons (Fsp3) is 0.857.